The standard InChI is InChI=1S/C13H28N2/c1-5-11-8-6-7-9-12(11)15(4)13(2,3)10-14/h11-12H,5-10,14H2,1-4H3. The molecule has 2 heteroatoms. The number of hydrogen-bond acceptors (Lipinski definition) is 2. The lowest BCUT2D eigenvalue weighted by Crippen LogP contribution is -2.54. The molecule has 2 unspecified atom stereocenters. The molecular weight excluding hydrogens is 184 g/mol. The van der Waals surface area contributed by atoms with Gasteiger partial charge in [-0.05, 0) is 39.7 Å². The summed E-state index contributed by atoms with van der Waals surface area (Å²) in [6, 6.07) is 0.752. The summed E-state index contributed by atoms with van der Waals surface area (Å²) in [5.74, 6) is 0.884. The highest BCUT2D eigenvalue weighted by Gasteiger charge is 2.33. The van der Waals surface area contributed by atoms with E-state index >= 15 is 0 Å². The Balaban J connectivity index is 2.67. The van der Waals surface area contributed by atoms with Gasteiger partial charge in [0.2, 0.25) is 0 Å². The number of likely N-dealkylation sites (N-methyl/N-ethyl adjacent to an activating group) is 1. The first-order valence-corrected chi connectivity index (χ1v) is 6.46. The lowest BCUT2D eigenvalue weighted by molar-refractivity contribution is 0.0459. The van der Waals surface area contributed by atoms with Crippen molar-refractivity contribution < 1.29 is 0 Å². The van der Waals surface area contributed by atoms with E-state index in [0.29, 0.717) is 0 Å². The number of nitrogens with two attached hydrogens (primary N) is 1. The monoisotopic (exact) mass is 212 g/mol. The average molecular weight is 212 g/mol. The van der Waals surface area contributed by atoms with E-state index < -0.39 is 0 Å². The minimum Gasteiger partial charge on any atom is -0.329 e. The molecule has 1 fully saturated rings. The Morgan fingerprint density at radius 3 is 2.40 bits per heavy atom. The van der Waals surface area contributed by atoms with Gasteiger partial charge < -0.3 is 5.73 Å². The lowest BCUT2D eigenvalue weighted by Gasteiger charge is -2.45. The molecule has 15 heavy (non-hydrogen) atoms. The van der Waals surface area contributed by atoms with Crippen LogP contribution in [0.5, 0.6) is 0 Å². The first kappa shape index (κ1) is 13.0. The van der Waals surface area contributed by atoms with Crippen LogP contribution in [0.15, 0.2) is 0 Å². The fraction of sp³-hybridized carbons (Fsp3) is 1.00. The van der Waals surface area contributed by atoms with Crippen LogP contribution in [0.3, 0.4) is 0 Å². The van der Waals surface area contributed by atoms with Crippen LogP contribution >= 0.6 is 0 Å². The highest BCUT2D eigenvalue weighted by Crippen LogP contribution is 2.32. The molecule has 1 aliphatic rings. The highest BCUT2D eigenvalue weighted by atomic mass is 15.2. The Labute approximate surface area is 95.2 Å². The van der Waals surface area contributed by atoms with E-state index in [1.807, 2.05) is 0 Å². The molecule has 0 radical (unpaired) electrons. The van der Waals surface area contributed by atoms with E-state index in [1.54, 1.807) is 0 Å². The number of hydrogen-bond donors (Lipinski definition) is 1. The van der Waals surface area contributed by atoms with E-state index in [4.69, 9.17) is 5.73 Å². The van der Waals surface area contributed by atoms with Crippen molar-refractivity contribution in [3.05, 3.63) is 0 Å². The maximum Gasteiger partial charge on any atom is 0.0275 e. The quantitative estimate of drug-likeness (QED) is 0.776. The van der Waals surface area contributed by atoms with Crippen LogP contribution in [0.1, 0.15) is 52.9 Å². The third kappa shape index (κ3) is 2.94. The molecule has 90 valence electrons. The van der Waals surface area contributed by atoms with Crippen LogP contribution in [0.2, 0.25) is 0 Å². The van der Waals surface area contributed by atoms with Crippen molar-refractivity contribution >= 4 is 0 Å². The molecule has 0 aromatic rings. The van der Waals surface area contributed by atoms with Crippen molar-refractivity contribution in [3.8, 4) is 0 Å². The zero-order valence-electron chi connectivity index (χ0n) is 10.9. The Morgan fingerprint density at radius 1 is 1.27 bits per heavy atom. The summed E-state index contributed by atoms with van der Waals surface area (Å²) in [7, 11) is 2.26. The zero-order chi connectivity index (χ0) is 11.5. The molecule has 2 nitrogen and oxygen atoms in total. The van der Waals surface area contributed by atoms with Gasteiger partial charge in [0.25, 0.3) is 0 Å². The largest absolute Gasteiger partial charge is 0.329 e. The van der Waals surface area contributed by atoms with E-state index in [2.05, 4.69) is 32.7 Å². The van der Waals surface area contributed by atoms with Gasteiger partial charge in [-0.1, -0.05) is 26.2 Å². The van der Waals surface area contributed by atoms with E-state index in [-0.39, 0.29) is 5.54 Å². The second-order valence-corrected chi connectivity index (χ2v) is 5.65. The van der Waals surface area contributed by atoms with Gasteiger partial charge in [-0.15, -0.1) is 0 Å². The molecule has 0 amide bonds. The van der Waals surface area contributed by atoms with Crippen LogP contribution in [0.4, 0.5) is 0 Å². The molecule has 0 aromatic carbocycles. The molecule has 2 atom stereocenters. The summed E-state index contributed by atoms with van der Waals surface area (Å²) in [6.07, 6.45) is 6.90. The van der Waals surface area contributed by atoms with Crippen molar-refractivity contribution in [2.75, 3.05) is 13.6 Å². The molecule has 1 rings (SSSR count). The van der Waals surface area contributed by atoms with E-state index in [1.165, 1.54) is 32.1 Å². The van der Waals surface area contributed by atoms with Crippen molar-refractivity contribution in [1.29, 1.82) is 0 Å². The number of nitrogens with zero attached hydrogens (tertiary/aromatic N) is 1. The second-order valence-electron chi connectivity index (χ2n) is 5.65. The van der Waals surface area contributed by atoms with Gasteiger partial charge in [0, 0.05) is 18.1 Å². The molecule has 0 saturated heterocycles. The topological polar surface area (TPSA) is 29.3 Å². The Bertz CT molecular complexity index is 189. The third-order valence-corrected chi connectivity index (χ3v) is 4.35. The van der Waals surface area contributed by atoms with Gasteiger partial charge in [0.05, 0.1) is 0 Å². The molecule has 0 heterocycles. The predicted molar refractivity (Wildman–Crippen MR) is 66.9 cm³/mol. The highest BCUT2D eigenvalue weighted by molar-refractivity contribution is 4.89. The summed E-state index contributed by atoms with van der Waals surface area (Å²) in [5, 5.41) is 0. The summed E-state index contributed by atoms with van der Waals surface area (Å²) in [6.45, 7) is 7.59. The maximum atomic E-state index is 5.86. The van der Waals surface area contributed by atoms with Crippen molar-refractivity contribution in [2.24, 2.45) is 11.7 Å². The lowest BCUT2D eigenvalue weighted by atomic mass is 9.80. The third-order valence-electron chi connectivity index (χ3n) is 4.35. The molecule has 0 spiro atoms. The van der Waals surface area contributed by atoms with Gasteiger partial charge in [-0.2, -0.15) is 0 Å². The number of rotatable bonds is 4. The van der Waals surface area contributed by atoms with E-state index in [0.717, 1.165) is 18.5 Å². The zero-order valence-corrected chi connectivity index (χ0v) is 10.9. The first-order chi connectivity index (χ1) is 7.03. The van der Waals surface area contributed by atoms with Crippen molar-refractivity contribution in [1.82, 2.24) is 4.90 Å². The van der Waals surface area contributed by atoms with Crippen LogP contribution < -0.4 is 5.73 Å². The van der Waals surface area contributed by atoms with Crippen LogP contribution in [0.25, 0.3) is 0 Å². The molecule has 0 aromatic heterocycles. The fourth-order valence-corrected chi connectivity index (χ4v) is 2.77. The summed E-state index contributed by atoms with van der Waals surface area (Å²) in [5.41, 5.74) is 6.01. The molecular formula is C13H28N2. The summed E-state index contributed by atoms with van der Waals surface area (Å²) < 4.78 is 0. The Kier molecular flexibility index (Phi) is 4.60. The first-order valence-electron chi connectivity index (χ1n) is 6.46. The predicted octanol–water partition coefficient (Wildman–Crippen LogP) is 2.62. The van der Waals surface area contributed by atoms with Crippen molar-refractivity contribution in [2.45, 2.75) is 64.5 Å². The van der Waals surface area contributed by atoms with Gasteiger partial charge in [-0.3, -0.25) is 4.90 Å². The van der Waals surface area contributed by atoms with Crippen LogP contribution in [0, 0.1) is 5.92 Å². The molecule has 0 bridgehead atoms. The van der Waals surface area contributed by atoms with E-state index in [9.17, 15) is 0 Å². The normalized spacial score (nSPS) is 28.4. The van der Waals surface area contributed by atoms with Crippen LogP contribution in [-0.2, 0) is 0 Å². The molecule has 1 aliphatic carbocycles. The second kappa shape index (κ2) is 5.31. The maximum absolute atomic E-state index is 5.86. The van der Waals surface area contributed by atoms with Crippen LogP contribution in [-0.4, -0.2) is 30.1 Å². The van der Waals surface area contributed by atoms with Gasteiger partial charge in [0.1, 0.15) is 0 Å². The average Bonchev–Trinajstić information content (AvgIpc) is 2.28. The van der Waals surface area contributed by atoms with Gasteiger partial charge in [-0.25, -0.2) is 0 Å². The Hall–Kier alpha value is -0.0800. The van der Waals surface area contributed by atoms with Gasteiger partial charge in [0.15, 0.2) is 0 Å². The molecule has 1 saturated carbocycles. The van der Waals surface area contributed by atoms with Gasteiger partial charge >= 0.3 is 0 Å². The summed E-state index contributed by atoms with van der Waals surface area (Å²) in [4.78, 5) is 2.53. The molecule has 2 N–H and O–H groups in total. The van der Waals surface area contributed by atoms with Crippen molar-refractivity contribution in [3.63, 3.8) is 0 Å². The minimum absolute atomic E-state index is 0.148. The Morgan fingerprint density at radius 2 is 1.87 bits per heavy atom. The smallest absolute Gasteiger partial charge is 0.0275 e. The summed E-state index contributed by atoms with van der Waals surface area (Å²) >= 11 is 0. The minimum atomic E-state index is 0.148. The molecule has 0 aliphatic heterocycles. The SMILES string of the molecule is CCC1CCCCC1N(C)C(C)(C)CN. The fourth-order valence-electron chi connectivity index (χ4n) is 2.77.